The number of hydrogen-bond donors (Lipinski definition) is 2. The predicted octanol–water partition coefficient (Wildman–Crippen LogP) is 0.116. The van der Waals surface area contributed by atoms with E-state index in [0.29, 0.717) is 0 Å². The first-order valence-electron chi connectivity index (χ1n) is 3.03. The van der Waals surface area contributed by atoms with Crippen LogP contribution >= 0.6 is 15.9 Å². The van der Waals surface area contributed by atoms with Gasteiger partial charge in [0.15, 0.2) is 0 Å². The number of nitro groups is 1. The van der Waals surface area contributed by atoms with Gasteiger partial charge in [-0.05, 0) is 13.8 Å². The van der Waals surface area contributed by atoms with E-state index in [1.165, 1.54) is 13.8 Å². The van der Waals surface area contributed by atoms with E-state index >= 15 is 0 Å². The van der Waals surface area contributed by atoms with Gasteiger partial charge in [-0.1, -0.05) is 0 Å². The van der Waals surface area contributed by atoms with Crippen molar-refractivity contribution >= 4 is 15.9 Å². The Kier molecular flexibility index (Phi) is 3.40. The summed E-state index contributed by atoms with van der Waals surface area (Å²) in [7, 11) is 0. The van der Waals surface area contributed by atoms with E-state index in [2.05, 4.69) is 15.9 Å². The van der Waals surface area contributed by atoms with Crippen LogP contribution in [0.4, 0.5) is 0 Å². The summed E-state index contributed by atoms with van der Waals surface area (Å²) in [5, 5.41) is 28.3. The molecule has 11 heavy (non-hydrogen) atoms. The quantitative estimate of drug-likeness (QED) is 0.311. The van der Waals surface area contributed by atoms with Crippen LogP contribution in [0.15, 0.2) is 0 Å². The molecule has 0 saturated heterocycles. The Morgan fingerprint density at radius 3 is 1.73 bits per heavy atom. The molecule has 0 aromatic heterocycles. The molecule has 0 saturated carbocycles. The minimum atomic E-state index is -1.85. The minimum absolute atomic E-state index is 0.748. The number of halogens is 1. The molecule has 0 aromatic rings. The third kappa shape index (κ3) is 1.88. The molecule has 0 aliphatic carbocycles. The van der Waals surface area contributed by atoms with Gasteiger partial charge in [0.05, 0.1) is 0 Å². The van der Waals surface area contributed by atoms with Gasteiger partial charge in [0, 0.05) is 20.9 Å². The molecular formula is C5H10BrNO4. The molecule has 0 aromatic carbocycles. The molecule has 0 heterocycles. The molecule has 0 radical (unpaired) electrons. The maximum absolute atomic E-state index is 10.3. The van der Waals surface area contributed by atoms with Crippen molar-refractivity contribution in [3.05, 3.63) is 10.1 Å². The lowest BCUT2D eigenvalue weighted by Gasteiger charge is -2.23. The lowest BCUT2D eigenvalue weighted by molar-refractivity contribution is -0.558. The van der Waals surface area contributed by atoms with E-state index in [0.717, 1.165) is 0 Å². The number of alkyl halides is 1. The standard InChI is InChI=1S/C5H10BrNO4/c1-3(8)5(6,4(2)9)7(10)11/h3-4,8-9H,1-2H3/t3-,4-/m0/s1. The predicted molar refractivity (Wildman–Crippen MR) is 42.0 cm³/mol. The van der Waals surface area contributed by atoms with Crippen molar-refractivity contribution in [3.8, 4) is 0 Å². The summed E-state index contributed by atoms with van der Waals surface area (Å²) in [5.41, 5.74) is 0. The molecular weight excluding hydrogens is 218 g/mol. The van der Waals surface area contributed by atoms with Crippen LogP contribution in [-0.2, 0) is 0 Å². The summed E-state index contributed by atoms with van der Waals surface area (Å²) in [4.78, 5) is 9.60. The summed E-state index contributed by atoms with van der Waals surface area (Å²) in [6.07, 6.45) is -2.50. The second-order valence-corrected chi connectivity index (χ2v) is 3.61. The summed E-state index contributed by atoms with van der Waals surface area (Å²) < 4.78 is -1.85. The Labute approximate surface area is 72.3 Å². The average Bonchev–Trinajstić information content (AvgIpc) is 1.84. The largest absolute Gasteiger partial charge is 0.385 e. The summed E-state index contributed by atoms with van der Waals surface area (Å²) >= 11 is 2.68. The Balaban J connectivity index is 4.67. The second-order valence-electron chi connectivity index (χ2n) is 2.34. The summed E-state index contributed by atoms with van der Waals surface area (Å²) in [5.74, 6) is 0. The van der Waals surface area contributed by atoms with Crippen LogP contribution in [0.2, 0.25) is 0 Å². The highest BCUT2D eigenvalue weighted by atomic mass is 79.9. The fourth-order valence-corrected chi connectivity index (χ4v) is 0.654. The zero-order chi connectivity index (χ0) is 9.23. The first kappa shape index (κ1) is 10.8. The highest BCUT2D eigenvalue weighted by Gasteiger charge is 2.50. The van der Waals surface area contributed by atoms with Crippen LogP contribution in [0.3, 0.4) is 0 Å². The highest BCUT2D eigenvalue weighted by Crippen LogP contribution is 2.27. The van der Waals surface area contributed by atoms with Gasteiger partial charge >= 0.3 is 4.45 Å². The Bertz CT molecular complexity index is 151. The monoisotopic (exact) mass is 227 g/mol. The molecule has 0 fully saturated rings. The minimum Gasteiger partial charge on any atom is -0.385 e. The second kappa shape index (κ2) is 3.46. The van der Waals surface area contributed by atoms with E-state index in [-0.39, 0.29) is 0 Å². The normalized spacial score (nSPS) is 17.5. The van der Waals surface area contributed by atoms with Gasteiger partial charge < -0.3 is 10.2 Å². The van der Waals surface area contributed by atoms with Crippen molar-refractivity contribution in [2.24, 2.45) is 0 Å². The Morgan fingerprint density at radius 2 is 1.73 bits per heavy atom. The van der Waals surface area contributed by atoms with Crippen LogP contribution in [-0.4, -0.2) is 31.8 Å². The molecule has 0 amide bonds. The smallest absolute Gasteiger partial charge is 0.324 e. The highest BCUT2D eigenvalue weighted by molar-refractivity contribution is 9.10. The third-order valence-corrected chi connectivity index (χ3v) is 3.07. The molecule has 66 valence electrons. The fraction of sp³-hybridized carbons (Fsp3) is 1.00. The van der Waals surface area contributed by atoms with Gasteiger partial charge in [-0.3, -0.25) is 10.1 Å². The first-order valence-corrected chi connectivity index (χ1v) is 3.82. The number of aliphatic hydroxyl groups is 2. The van der Waals surface area contributed by atoms with E-state index in [4.69, 9.17) is 10.2 Å². The van der Waals surface area contributed by atoms with Gasteiger partial charge in [0.25, 0.3) is 0 Å². The first-order chi connectivity index (χ1) is 4.83. The van der Waals surface area contributed by atoms with E-state index in [1.807, 2.05) is 0 Å². The number of rotatable bonds is 3. The number of nitrogens with zero attached hydrogens (tertiary/aromatic N) is 1. The average molecular weight is 228 g/mol. The van der Waals surface area contributed by atoms with Crippen molar-refractivity contribution in [1.82, 2.24) is 0 Å². The molecule has 0 spiro atoms. The molecule has 0 rings (SSSR count). The maximum Gasteiger partial charge on any atom is 0.324 e. The van der Waals surface area contributed by atoms with Crippen molar-refractivity contribution in [2.45, 2.75) is 30.5 Å². The lowest BCUT2D eigenvalue weighted by atomic mass is 10.1. The molecule has 2 atom stereocenters. The maximum atomic E-state index is 10.3. The molecule has 0 unspecified atom stereocenters. The Morgan fingerprint density at radius 1 is 1.45 bits per heavy atom. The third-order valence-electron chi connectivity index (χ3n) is 1.45. The van der Waals surface area contributed by atoms with Gasteiger partial charge in [-0.2, -0.15) is 0 Å². The van der Waals surface area contributed by atoms with E-state index in [1.54, 1.807) is 0 Å². The lowest BCUT2D eigenvalue weighted by Crippen LogP contribution is -2.50. The van der Waals surface area contributed by atoms with E-state index in [9.17, 15) is 10.1 Å². The van der Waals surface area contributed by atoms with Crippen LogP contribution in [0.1, 0.15) is 13.8 Å². The molecule has 0 aliphatic heterocycles. The zero-order valence-corrected chi connectivity index (χ0v) is 7.78. The van der Waals surface area contributed by atoms with Crippen LogP contribution in [0.5, 0.6) is 0 Å². The van der Waals surface area contributed by atoms with Gasteiger partial charge in [0.1, 0.15) is 12.2 Å². The topological polar surface area (TPSA) is 83.6 Å². The van der Waals surface area contributed by atoms with Gasteiger partial charge in [-0.15, -0.1) is 0 Å². The summed E-state index contributed by atoms with van der Waals surface area (Å²) in [6.45, 7) is 2.48. The van der Waals surface area contributed by atoms with Crippen LogP contribution < -0.4 is 0 Å². The fourth-order valence-electron chi connectivity index (χ4n) is 0.654. The molecule has 2 N–H and O–H groups in total. The molecule has 5 nitrogen and oxygen atoms in total. The zero-order valence-electron chi connectivity index (χ0n) is 6.19. The number of hydrogen-bond acceptors (Lipinski definition) is 4. The number of aliphatic hydroxyl groups excluding tert-OH is 2. The van der Waals surface area contributed by atoms with Gasteiger partial charge in [-0.25, -0.2) is 0 Å². The molecule has 0 bridgehead atoms. The van der Waals surface area contributed by atoms with E-state index < -0.39 is 21.6 Å². The van der Waals surface area contributed by atoms with Crippen molar-refractivity contribution in [2.75, 3.05) is 0 Å². The summed E-state index contributed by atoms with van der Waals surface area (Å²) in [6, 6.07) is 0. The van der Waals surface area contributed by atoms with Crippen molar-refractivity contribution < 1.29 is 15.1 Å². The Hall–Kier alpha value is -0.200. The van der Waals surface area contributed by atoms with Crippen molar-refractivity contribution in [1.29, 1.82) is 0 Å². The van der Waals surface area contributed by atoms with Gasteiger partial charge in [0.2, 0.25) is 0 Å². The van der Waals surface area contributed by atoms with Crippen LogP contribution in [0.25, 0.3) is 0 Å². The van der Waals surface area contributed by atoms with Crippen molar-refractivity contribution in [3.63, 3.8) is 0 Å². The van der Waals surface area contributed by atoms with Crippen LogP contribution in [0, 0.1) is 10.1 Å². The molecule has 0 aliphatic rings. The molecule has 6 heteroatoms. The SMILES string of the molecule is C[C@H](O)C(Br)([C@H](C)O)[N+](=O)[O-].